The number of carbonyl (C=O) groups is 1. The third kappa shape index (κ3) is 4.36. The van der Waals surface area contributed by atoms with Crippen LogP contribution in [0.3, 0.4) is 0 Å². The Kier molecular flexibility index (Phi) is 5.80. The summed E-state index contributed by atoms with van der Waals surface area (Å²) in [6.07, 6.45) is 4.12. The molecule has 0 saturated heterocycles. The van der Waals surface area contributed by atoms with E-state index in [4.69, 9.17) is 9.47 Å². The zero-order valence-corrected chi connectivity index (χ0v) is 13.6. The highest BCUT2D eigenvalue weighted by Crippen LogP contribution is 2.28. The number of aryl methyl sites for hydroxylation is 1. The van der Waals surface area contributed by atoms with Gasteiger partial charge in [0.05, 0.1) is 14.2 Å². The summed E-state index contributed by atoms with van der Waals surface area (Å²) in [4.78, 5) is 12.1. The first-order valence-electron chi connectivity index (χ1n) is 7.47. The van der Waals surface area contributed by atoms with Crippen LogP contribution in [0.5, 0.6) is 11.5 Å². The SMILES string of the molecule is CCc1ccccc1NC(=O)C=Cc1ccc(OC)c(OC)c1. The normalized spacial score (nSPS) is 10.6. The van der Waals surface area contributed by atoms with E-state index in [0.29, 0.717) is 11.5 Å². The number of para-hydroxylation sites is 1. The zero-order valence-electron chi connectivity index (χ0n) is 13.6. The Hall–Kier alpha value is -2.75. The predicted molar refractivity (Wildman–Crippen MR) is 93.0 cm³/mol. The summed E-state index contributed by atoms with van der Waals surface area (Å²) in [5.74, 6) is 1.12. The van der Waals surface area contributed by atoms with Crippen molar-refractivity contribution in [3.8, 4) is 11.5 Å². The predicted octanol–water partition coefficient (Wildman–Crippen LogP) is 3.92. The Bertz CT molecular complexity index is 708. The summed E-state index contributed by atoms with van der Waals surface area (Å²) < 4.78 is 10.4. The number of amides is 1. The van der Waals surface area contributed by atoms with Crippen LogP contribution in [0.25, 0.3) is 6.08 Å². The number of carbonyl (C=O) groups excluding carboxylic acids is 1. The van der Waals surface area contributed by atoms with Gasteiger partial charge in [-0.2, -0.15) is 0 Å². The molecule has 2 aromatic carbocycles. The molecular weight excluding hydrogens is 290 g/mol. The number of hydrogen-bond donors (Lipinski definition) is 1. The van der Waals surface area contributed by atoms with Crippen molar-refractivity contribution in [3.63, 3.8) is 0 Å². The number of methoxy groups -OCH3 is 2. The molecule has 23 heavy (non-hydrogen) atoms. The molecule has 0 spiro atoms. The van der Waals surface area contributed by atoms with Gasteiger partial charge >= 0.3 is 0 Å². The number of anilines is 1. The molecule has 0 unspecified atom stereocenters. The second-order valence-electron chi connectivity index (χ2n) is 4.95. The van der Waals surface area contributed by atoms with Crippen molar-refractivity contribution in [3.05, 3.63) is 59.7 Å². The molecule has 4 heteroatoms. The molecule has 0 aliphatic rings. The zero-order chi connectivity index (χ0) is 16.7. The highest BCUT2D eigenvalue weighted by Gasteiger charge is 2.04. The van der Waals surface area contributed by atoms with E-state index in [1.807, 2.05) is 42.5 Å². The summed E-state index contributed by atoms with van der Waals surface area (Å²) in [6, 6.07) is 13.3. The Morgan fingerprint density at radius 1 is 1.09 bits per heavy atom. The highest BCUT2D eigenvalue weighted by atomic mass is 16.5. The Morgan fingerprint density at radius 3 is 2.52 bits per heavy atom. The lowest BCUT2D eigenvalue weighted by Gasteiger charge is -2.08. The molecule has 0 aliphatic carbocycles. The molecule has 0 aromatic heterocycles. The molecule has 0 aliphatic heterocycles. The quantitative estimate of drug-likeness (QED) is 0.823. The van der Waals surface area contributed by atoms with Crippen molar-refractivity contribution in [2.75, 3.05) is 19.5 Å². The molecule has 0 heterocycles. The lowest BCUT2D eigenvalue weighted by atomic mass is 10.1. The van der Waals surface area contributed by atoms with E-state index in [1.54, 1.807) is 20.3 Å². The van der Waals surface area contributed by atoms with Crippen molar-refractivity contribution in [2.45, 2.75) is 13.3 Å². The first-order chi connectivity index (χ1) is 11.2. The average molecular weight is 311 g/mol. The van der Waals surface area contributed by atoms with Gasteiger partial charge in [-0.1, -0.05) is 31.2 Å². The lowest BCUT2D eigenvalue weighted by molar-refractivity contribution is -0.111. The monoisotopic (exact) mass is 311 g/mol. The van der Waals surface area contributed by atoms with Gasteiger partial charge in [0, 0.05) is 11.8 Å². The fraction of sp³-hybridized carbons (Fsp3) is 0.211. The van der Waals surface area contributed by atoms with Crippen molar-refractivity contribution in [1.82, 2.24) is 0 Å². The average Bonchev–Trinajstić information content (AvgIpc) is 2.60. The van der Waals surface area contributed by atoms with Gasteiger partial charge in [0.2, 0.25) is 5.91 Å². The molecule has 0 radical (unpaired) electrons. The summed E-state index contributed by atoms with van der Waals surface area (Å²) >= 11 is 0. The fourth-order valence-electron chi connectivity index (χ4n) is 2.25. The number of hydrogen-bond acceptors (Lipinski definition) is 3. The lowest BCUT2D eigenvalue weighted by Crippen LogP contribution is -2.09. The van der Waals surface area contributed by atoms with Gasteiger partial charge in [-0.3, -0.25) is 4.79 Å². The first-order valence-corrected chi connectivity index (χ1v) is 7.47. The maximum absolute atomic E-state index is 12.1. The number of rotatable bonds is 6. The van der Waals surface area contributed by atoms with Crippen LogP contribution in [0.2, 0.25) is 0 Å². The van der Waals surface area contributed by atoms with E-state index in [2.05, 4.69) is 12.2 Å². The van der Waals surface area contributed by atoms with Crippen LogP contribution in [-0.4, -0.2) is 20.1 Å². The minimum atomic E-state index is -0.166. The second kappa shape index (κ2) is 8.03. The van der Waals surface area contributed by atoms with Gasteiger partial charge in [0.1, 0.15) is 0 Å². The Labute approximate surface area is 136 Å². The molecule has 120 valence electrons. The van der Waals surface area contributed by atoms with E-state index in [1.165, 1.54) is 6.08 Å². The summed E-state index contributed by atoms with van der Waals surface area (Å²) in [5.41, 5.74) is 2.82. The van der Waals surface area contributed by atoms with E-state index in [0.717, 1.165) is 23.2 Å². The summed E-state index contributed by atoms with van der Waals surface area (Å²) in [5, 5.41) is 2.90. The van der Waals surface area contributed by atoms with Gasteiger partial charge in [-0.05, 0) is 41.8 Å². The van der Waals surface area contributed by atoms with Crippen molar-refractivity contribution in [1.29, 1.82) is 0 Å². The third-order valence-corrected chi connectivity index (χ3v) is 3.49. The second-order valence-corrected chi connectivity index (χ2v) is 4.95. The molecule has 1 N–H and O–H groups in total. The number of ether oxygens (including phenoxy) is 2. The van der Waals surface area contributed by atoms with Crippen LogP contribution in [0.4, 0.5) is 5.69 Å². The van der Waals surface area contributed by atoms with Crippen LogP contribution in [0, 0.1) is 0 Å². The molecule has 0 bridgehead atoms. The summed E-state index contributed by atoms with van der Waals surface area (Å²) in [7, 11) is 3.17. The highest BCUT2D eigenvalue weighted by molar-refractivity contribution is 6.02. The Balaban J connectivity index is 2.09. The molecule has 0 atom stereocenters. The van der Waals surface area contributed by atoms with Crippen LogP contribution < -0.4 is 14.8 Å². The van der Waals surface area contributed by atoms with Crippen LogP contribution in [0.15, 0.2) is 48.5 Å². The smallest absolute Gasteiger partial charge is 0.248 e. The minimum absolute atomic E-state index is 0.166. The van der Waals surface area contributed by atoms with Gasteiger partial charge in [-0.25, -0.2) is 0 Å². The molecule has 0 fully saturated rings. The molecule has 2 aromatic rings. The van der Waals surface area contributed by atoms with Gasteiger partial charge in [0.15, 0.2) is 11.5 Å². The van der Waals surface area contributed by atoms with Crippen LogP contribution >= 0.6 is 0 Å². The van der Waals surface area contributed by atoms with Gasteiger partial charge in [0.25, 0.3) is 0 Å². The third-order valence-electron chi connectivity index (χ3n) is 3.49. The standard InChI is InChI=1S/C19H21NO3/c1-4-15-7-5-6-8-16(15)20-19(21)12-10-14-9-11-17(22-2)18(13-14)23-3/h5-13H,4H2,1-3H3,(H,20,21). The van der Waals surface area contributed by atoms with Gasteiger partial charge < -0.3 is 14.8 Å². The van der Waals surface area contributed by atoms with E-state index >= 15 is 0 Å². The van der Waals surface area contributed by atoms with Crippen molar-refractivity contribution >= 4 is 17.7 Å². The molecule has 0 saturated carbocycles. The van der Waals surface area contributed by atoms with Gasteiger partial charge in [-0.15, -0.1) is 0 Å². The van der Waals surface area contributed by atoms with E-state index < -0.39 is 0 Å². The van der Waals surface area contributed by atoms with E-state index in [-0.39, 0.29) is 5.91 Å². The van der Waals surface area contributed by atoms with Crippen molar-refractivity contribution in [2.24, 2.45) is 0 Å². The first kappa shape index (κ1) is 16.6. The van der Waals surface area contributed by atoms with Crippen LogP contribution in [0.1, 0.15) is 18.1 Å². The van der Waals surface area contributed by atoms with Crippen LogP contribution in [-0.2, 0) is 11.2 Å². The molecular formula is C19H21NO3. The largest absolute Gasteiger partial charge is 0.493 e. The minimum Gasteiger partial charge on any atom is -0.493 e. The maximum Gasteiger partial charge on any atom is 0.248 e. The topological polar surface area (TPSA) is 47.6 Å². The molecule has 4 nitrogen and oxygen atoms in total. The molecule has 2 rings (SSSR count). The van der Waals surface area contributed by atoms with E-state index in [9.17, 15) is 4.79 Å². The fourth-order valence-corrected chi connectivity index (χ4v) is 2.25. The summed E-state index contributed by atoms with van der Waals surface area (Å²) in [6.45, 7) is 2.06. The number of benzene rings is 2. The number of nitrogens with one attached hydrogen (secondary N) is 1. The Morgan fingerprint density at radius 2 is 1.83 bits per heavy atom. The van der Waals surface area contributed by atoms with Crippen molar-refractivity contribution < 1.29 is 14.3 Å². The molecule has 1 amide bonds. The maximum atomic E-state index is 12.1.